The van der Waals surface area contributed by atoms with Gasteiger partial charge in [-0.2, -0.15) is 0 Å². The summed E-state index contributed by atoms with van der Waals surface area (Å²) < 4.78 is 4.62. The highest BCUT2D eigenvalue weighted by Crippen LogP contribution is 2.08. The third-order valence-electron chi connectivity index (χ3n) is 3.44. The van der Waals surface area contributed by atoms with Gasteiger partial charge in [0.25, 0.3) is 0 Å². The molecule has 124 valence electrons. The van der Waals surface area contributed by atoms with Gasteiger partial charge in [0, 0.05) is 31.4 Å². The van der Waals surface area contributed by atoms with Crippen LogP contribution in [-0.4, -0.2) is 24.0 Å². The summed E-state index contributed by atoms with van der Waals surface area (Å²) in [6, 6.07) is 11.4. The highest BCUT2D eigenvalue weighted by Gasteiger charge is 2.01. The van der Waals surface area contributed by atoms with E-state index in [0.717, 1.165) is 16.7 Å². The first-order chi connectivity index (χ1) is 11.7. The number of carbonyl (C=O) groups is 2. The molecule has 0 aliphatic carbocycles. The van der Waals surface area contributed by atoms with E-state index >= 15 is 0 Å². The van der Waals surface area contributed by atoms with Crippen LogP contribution < -0.4 is 5.32 Å². The van der Waals surface area contributed by atoms with Crippen LogP contribution in [0, 0.1) is 0 Å². The molecule has 0 radical (unpaired) electrons. The van der Waals surface area contributed by atoms with Crippen LogP contribution in [0.2, 0.25) is 0 Å². The van der Waals surface area contributed by atoms with E-state index in [1.54, 1.807) is 18.5 Å². The average molecular weight is 324 g/mol. The molecule has 1 heterocycles. The van der Waals surface area contributed by atoms with Crippen molar-refractivity contribution in [3.8, 4) is 0 Å². The first-order valence-corrected chi connectivity index (χ1v) is 7.68. The molecule has 1 aromatic carbocycles. The van der Waals surface area contributed by atoms with Crippen molar-refractivity contribution in [2.45, 2.75) is 19.4 Å². The number of hydrogen-bond donors (Lipinski definition) is 1. The highest BCUT2D eigenvalue weighted by atomic mass is 16.5. The van der Waals surface area contributed by atoms with Gasteiger partial charge in [0.2, 0.25) is 5.91 Å². The summed E-state index contributed by atoms with van der Waals surface area (Å²) in [7, 11) is 1.38. The van der Waals surface area contributed by atoms with E-state index in [1.165, 1.54) is 13.2 Å². The number of nitrogens with zero attached hydrogens (tertiary/aromatic N) is 1. The largest absolute Gasteiger partial charge is 0.469 e. The lowest BCUT2D eigenvalue weighted by Gasteiger charge is -2.02. The van der Waals surface area contributed by atoms with Crippen molar-refractivity contribution in [2.75, 3.05) is 7.11 Å². The minimum absolute atomic E-state index is 0.159. The normalized spacial score (nSPS) is 10.5. The van der Waals surface area contributed by atoms with Gasteiger partial charge in [-0.05, 0) is 35.3 Å². The van der Waals surface area contributed by atoms with Gasteiger partial charge < -0.3 is 10.1 Å². The molecular weight excluding hydrogens is 304 g/mol. The van der Waals surface area contributed by atoms with Crippen molar-refractivity contribution in [1.82, 2.24) is 10.3 Å². The Balaban J connectivity index is 1.80. The molecule has 0 fully saturated rings. The standard InChI is InChI=1S/C19H20N2O3/c1-24-19(23)11-9-16-6-4-15(5-7-16)8-10-18(22)21-14-17-3-2-12-20-13-17/h2-8,10,12-13H,9,11,14H2,1H3,(H,21,22)/b10-8+. The van der Waals surface area contributed by atoms with E-state index in [1.807, 2.05) is 36.4 Å². The van der Waals surface area contributed by atoms with Gasteiger partial charge >= 0.3 is 5.97 Å². The number of esters is 1. The van der Waals surface area contributed by atoms with Crippen LogP contribution in [0.4, 0.5) is 0 Å². The van der Waals surface area contributed by atoms with Crippen LogP contribution in [0.3, 0.4) is 0 Å². The quantitative estimate of drug-likeness (QED) is 0.628. The lowest BCUT2D eigenvalue weighted by atomic mass is 10.1. The molecule has 0 aliphatic rings. The Bertz CT molecular complexity index is 694. The summed E-state index contributed by atoms with van der Waals surface area (Å²) in [5.74, 6) is -0.377. The van der Waals surface area contributed by atoms with Crippen molar-refractivity contribution in [3.63, 3.8) is 0 Å². The van der Waals surface area contributed by atoms with E-state index in [-0.39, 0.29) is 11.9 Å². The summed E-state index contributed by atoms with van der Waals surface area (Å²) in [6.07, 6.45) is 7.67. The Morgan fingerprint density at radius 3 is 2.62 bits per heavy atom. The third kappa shape index (κ3) is 6.04. The summed E-state index contributed by atoms with van der Waals surface area (Å²) in [5, 5.41) is 2.80. The van der Waals surface area contributed by atoms with E-state index < -0.39 is 0 Å². The molecule has 1 amide bonds. The molecule has 2 aromatic rings. The minimum Gasteiger partial charge on any atom is -0.469 e. The van der Waals surface area contributed by atoms with Gasteiger partial charge in [0.1, 0.15) is 0 Å². The van der Waals surface area contributed by atoms with Gasteiger partial charge in [0.05, 0.1) is 7.11 Å². The number of benzene rings is 1. The molecule has 24 heavy (non-hydrogen) atoms. The topological polar surface area (TPSA) is 68.3 Å². The van der Waals surface area contributed by atoms with E-state index in [4.69, 9.17) is 0 Å². The predicted molar refractivity (Wildman–Crippen MR) is 91.9 cm³/mol. The Morgan fingerprint density at radius 2 is 1.96 bits per heavy atom. The lowest BCUT2D eigenvalue weighted by Crippen LogP contribution is -2.20. The lowest BCUT2D eigenvalue weighted by molar-refractivity contribution is -0.140. The van der Waals surface area contributed by atoms with Crippen LogP contribution in [0.15, 0.2) is 54.9 Å². The van der Waals surface area contributed by atoms with Crippen LogP contribution >= 0.6 is 0 Å². The molecule has 1 aromatic heterocycles. The summed E-state index contributed by atoms with van der Waals surface area (Å²) in [5.41, 5.74) is 2.93. The van der Waals surface area contributed by atoms with Crippen molar-refractivity contribution < 1.29 is 14.3 Å². The minimum atomic E-state index is -0.218. The fourth-order valence-electron chi connectivity index (χ4n) is 2.07. The van der Waals surface area contributed by atoms with Crippen LogP contribution in [-0.2, 0) is 27.3 Å². The molecule has 0 unspecified atom stereocenters. The van der Waals surface area contributed by atoms with E-state index in [2.05, 4.69) is 15.0 Å². The Hall–Kier alpha value is -2.95. The van der Waals surface area contributed by atoms with Gasteiger partial charge in [-0.15, -0.1) is 0 Å². The van der Waals surface area contributed by atoms with Crippen molar-refractivity contribution in [1.29, 1.82) is 0 Å². The molecule has 0 saturated carbocycles. The molecule has 2 rings (SSSR count). The van der Waals surface area contributed by atoms with Crippen LogP contribution in [0.5, 0.6) is 0 Å². The fourth-order valence-corrected chi connectivity index (χ4v) is 2.07. The number of rotatable bonds is 7. The van der Waals surface area contributed by atoms with Gasteiger partial charge in [0.15, 0.2) is 0 Å². The Kier molecular flexibility index (Phi) is 6.71. The fraction of sp³-hybridized carbons (Fsp3) is 0.211. The smallest absolute Gasteiger partial charge is 0.305 e. The first kappa shape index (κ1) is 17.4. The van der Waals surface area contributed by atoms with Crippen LogP contribution in [0.1, 0.15) is 23.1 Å². The zero-order chi connectivity index (χ0) is 17.2. The molecule has 0 saturated heterocycles. The number of ether oxygens (including phenoxy) is 1. The maximum atomic E-state index is 11.8. The van der Waals surface area contributed by atoms with E-state index in [9.17, 15) is 9.59 Å². The second-order valence-corrected chi connectivity index (χ2v) is 5.23. The Morgan fingerprint density at radius 1 is 1.17 bits per heavy atom. The molecule has 1 N–H and O–H groups in total. The summed E-state index contributed by atoms with van der Waals surface area (Å²) in [6.45, 7) is 0.448. The molecule has 0 aliphatic heterocycles. The zero-order valence-corrected chi connectivity index (χ0v) is 13.6. The highest BCUT2D eigenvalue weighted by molar-refractivity contribution is 5.91. The number of hydrogen-bond acceptors (Lipinski definition) is 4. The average Bonchev–Trinajstić information content (AvgIpc) is 2.64. The second kappa shape index (κ2) is 9.25. The number of amides is 1. The molecule has 0 atom stereocenters. The monoisotopic (exact) mass is 324 g/mol. The number of nitrogens with one attached hydrogen (secondary N) is 1. The van der Waals surface area contributed by atoms with E-state index in [0.29, 0.717) is 19.4 Å². The second-order valence-electron chi connectivity index (χ2n) is 5.23. The number of methoxy groups -OCH3 is 1. The molecule has 5 nitrogen and oxygen atoms in total. The zero-order valence-electron chi connectivity index (χ0n) is 13.6. The number of carbonyl (C=O) groups excluding carboxylic acids is 2. The van der Waals surface area contributed by atoms with Crippen molar-refractivity contribution >= 4 is 18.0 Å². The Labute approximate surface area is 141 Å². The molecule has 0 bridgehead atoms. The maximum absolute atomic E-state index is 11.8. The van der Waals surface area contributed by atoms with Crippen LogP contribution in [0.25, 0.3) is 6.08 Å². The van der Waals surface area contributed by atoms with Crippen molar-refractivity contribution in [3.05, 3.63) is 71.6 Å². The van der Waals surface area contributed by atoms with Crippen molar-refractivity contribution in [2.24, 2.45) is 0 Å². The number of aromatic nitrogens is 1. The molecular formula is C19H20N2O3. The first-order valence-electron chi connectivity index (χ1n) is 7.68. The SMILES string of the molecule is COC(=O)CCc1ccc(/C=C/C(=O)NCc2cccnc2)cc1. The number of pyridine rings is 1. The molecule has 5 heteroatoms. The summed E-state index contributed by atoms with van der Waals surface area (Å²) >= 11 is 0. The predicted octanol–water partition coefficient (Wildman–Crippen LogP) is 2.52. The number of aryl methyl sites for hydroxylation is 1. The maximum Gasteiger partial charge on any atom is 0.305 e. The third-order valence-corrected chi connectivity index (χ3v) is 3.44. The molecule has 0 spiro atoms. The summed E-state index contributed by atoms with van der Waals surface area (Å²) in [4.78, 5) is 26.9. The van der Waals surface area contributed by atoms with Gasteiger partial charge in [-0.25, -0.2) is 0 Å². The van der Waals surface area contributed by atoms with Gasteiger partial charge in [-0.1, -0.05) is 30.3 Å². The van der Waals surface area contributed by atoms with Gasteiger partial charge in [-0.3, -0.25) is 14.6 Å².